The maximum Gasteiger partial charge on any atom is 0.338 e. The molecule has 0 radical (unpaired) electrons. The Morgan fingerprint density at radius 3 is 2.20 bits per heavy atom. The van der Waals surface area contributed by atoms with Gasteiger partial charge in [-0.2, -0.15) is 0 Å². The molecule has 1 aromatic carbocycles. The third-order valence-corrected chi connectivity index (χ3v) is 2.42. The number of carbonyl (C=O) groups is 3. The monoisotopic (exact) mass is 282 g/mol. The van der Waals surface area contributed by atoms with E-state index in [2.05, 4.69) is 0 Å². The number of ether oxygens (including phenoxy) is 1. The van der Waals surface area contributed by atoms with Crippen molar-refractivity contribution in [2.75, 3.05) is 0 Å². The van der Waals surface area contributed by atoms with Gasteiger partial charge in [0.15, 0.2) is 6.10 Å². The fourth-order valence-corrected chi connectivity index (χ4v) is 1.45. The van der Waals surface area contributed by atoms with Crippen LogP contribution in [-0.4, -0.2) is 24.0 Å². The van der Waals surface area contributed by atoms with Gasteiger partial charge in [-0.3, -0.25) is 10.1 Å². The molecule has 0 fully saturated rings. The van der Waals surface area contributed by atoms with Gasteiger partial charge >= 0.3 is 12.0 Å². The number of carbonyl (C=O) groups excluding carboxylic acids is 3. The summed E-state index contributed by atoms with van der Waals surface area (Å²) in [4.78, 5) is 34.1. The lowest BCUT2D eigenvalue weighted by molar-refractivity contribution is -0.130. The molecule has 6 nitrogen and oxygen atoms in total. The average molecular weight is 282 g/mol. The molecule has 0 bridgehead atoms. The van der Waals surface area contributed by atoms with Crippen molar-refractivity contribution >= 4 is 17.9 Å². The van der Waals surface area contributed by atoms with Crippen LogP contribution >= 0.6 is 0 Å². The van der Waals surface area contributed by atoms with E-state index in [9.17, 15) is 18.8 Å². The molecule has 3 N–H and O–H groups in total. The zero-order chi connectivity index (χ0) is 15.3. The van der Waals surface area contributed by atoms with Crippen molar-refractivity contribution in [3.63, 3.8) is 0 Å². The van der Waals surface area contributed by atoms with E-state index in [1.54, 1.807) is 13.8 Å². The minimum Gasteiger partial charge on any atom is -0.448 e. The summed E-state index contributed by atoms with van der Waals surface area (Å²) in [5.41, 5.74) is 4.94. The number of primary amides is 1. The lowest BCUT2D eigenvalue weighted by Crippen LogP contribution is -2.45. The van der Waals surface area contributed by atoms with Crippen LogP contribution in [0.2, 0.25) is 0 Å². The van der Waals surface area contributed by atoms with Crippen molar-refractivity contribution in [3.8, 4) is 0 Å². The van der Waals surface area contributed by atoms with Crippen LogP contribution < -0.4 is 11.1 Å². The summed E-state index contributed by atoms with van der Waals surface area (Å²) in [6.07, 6.45) is -1.17. The molecule has 0 aliphatic rings. The number of nitrogens with two attached hydrogens (primary N) is 1. The fraction of sp³-hybridized carbons (Fsp3) is 0.308. The first kappa shape index (κ1) is 15.6. The first-order chi connectivity index (χ1) is 9.31. The second kappa shape index (κ2) is 6.65. The second-order valence-corrected chi connectivity index (χ2v) is 4.43. The predicted molar refractivity (Wildman–Crippen MR) is 68.2 cm³/mol. The molecule has 0 aliphatic heterocycles. The van der Waals surface area contributed by atoms with E-state index in [0.29, 0.717) is 0 Å². The van der Waals surface area contributed by atoms with Gasteiger partial charge in [0.05, 0.1) is 5.56 Å². The summed E-state index contributed by atoms with van der Waals surface area (Å²) >= 11 is 0. The van der Waals surface area contributed by atoms with E-state index in [1.165, 1.54) is 12.1 Å². The summed E-state index contributed by atoms with van der Waals surface area (Å²) < 4.78 is 17.8. The molecular formula is C13H15FN2O4. The molecule has 0 heterocycles. The Morgan fingerprint density at radius 1 is 1.20 bits per heavy atom. The standard InChI is InChI=1S/C13H15FN2O4/c1-7(2)10(11(17)16-13(15)19)20-12(18)8-3-5-9(14)6-4-8/h3-7,10H,1-2H3,(H3,15,16,17,19)/t10-/m1/s1. The average Bonchev–Trinajstić information content (AvgIpc) is 2.35. The van der Waals surface area contributed by atoms with Gasteiger partial charge < -0.3 is 10.5 Å². The number of nitrogens with one attached hydrogen (secondary N) is 1. The maximum atomic E-state index is 12.7. The Balaban J connectivity index is 2.80. The minimum absolute atomic E-state index is 0.101. The molecule has 7 heteroatoms. The highest BCUT2D eigenvalue weighted by molar-refractivity contribution is 5.98. The van der Waals surface area contributed by atoms with Crippen LogP contribution in [0.4, 0.5) is 9.18 Å². The number of imide groups is 1. The van der Waals surface area contributed by atoms with Crippen molar-refractivity contribution in [1.82, 2.24) is 5.32 Å². The van der Waals surface area contributed by atoms with Gasteiger partial charge in [-0.05, 0) is 30.2 Å². The molecular weight excluding hydrogens is 267 g/mol. The zero-order valence-electron chi connectivity index (χ0n) is 11.1. The number of hydrogen-bond acceptors (Lipinski definition) is 4. The Bertz CT molecular complexity index is 514. The largest absolute Gasteiger partial charge is 0.448 e. The van der Waals surface area contributed by atoms with Gasteiger partial charge in [0.25, 0.3) is 5.91 Å². The summed E-state index contributed by atoms with van der Waals surface area (Å²) in [7, 11) is 0. The van der Waals surface area contributed by atoms with Crippen molar-refractivity contribution in [3.05, 3.63) is 35.6 Å². The first-order valence-electron chi connectivity index (χ1n) is 5.88. The maximum absolute atomic E-state index is 12.7. The third kappa shape index (κ3) is 4.34. The van der Waals surface area contributed by atoms with Crippen LogP contribution in [0, 0.1) is 11.7 Å². The molecule has 1 rings (SSSR count). The van der Waals surface area contributed by atoms with Crippen LogP contribution in [0.25, 0.3) is 0 Å². The van der Waals surface area contributed by atoms with E-state index in [4.69, 9.17) is 10.5 Å². The number of amides is 3. The summed E-state index contributed by atoms with van der Waals surface area (Å²) in [5.74, 6) is -2.45. The molecule has 0 saturated heterocycles. The van der Waals surface area contributed by atoms with Crippen LogP contribution in [-0.2, 0) is 9.53 Å². The lowest BCUT2D eigenvalue weighted by Gasteiger charge is -2.19. The van der Waals surface area contributed by atoms with Crippen molar-refractivity contribution in [1.29, 1.82) is 0 Å². The van der Waals surface area contributed by atoms with Gasteiger partial charge in [-0.15, -0.1) is 0 Å². The zero-order valence-corrected chi connectivity index (χ0v) is 11.1. The van der Waals surface area contributed by atoms with E-state index in [-0.39, 0.29) is 11.5 Å². The van der Waals surface area contributed by atoms with Crippen molar-refractivity contribution in [2.45, 2.75) is 20.0 Å². The molecule has 0 saturated carbocycles. The summed E-state index contributed by atoms with van der Waals surface area (Å²) in [6.45, 7) is 3.28. The highest BCUT2D eigenvalue weighted by atomic mass is 19.1. The van der Waals surface area contributed by atoms with Gasteiger partial charge in [-0.1, -0.05) is 13.8 Å². The number of hydrogen-bond donors (Lipinski definition) is 2. The van der Waals surface area contributed by atoms with Gasteiger partial charge in [0.1, 0.15) is 5.82 Å². The molecule has 0 aliphatic carbocycles. The minimum atomic E-state index is -1.17. The Labute approximate surface area is 115 Å². The van der Waals surface area contributed by atoms with Gasteiger partial charge in [-0.25, -0.2) is 14.0 Å². The van der Waals surface area contributed by atoms with Gasteiger partial charge in [0.2, 0.25) is 0 Å². The van der Waals surface area contributed by atoms with Crippen LogP contribution in [0.5, 0.6) is 0 Å². The number of benzene rings is 1. The predicted octanol–water partition coefficient (Wildman–Crippen LogP) is 1.20. The Kier molecular flexibility index (Phi) is 5.19. The normalized spacial score (nSPS) is 11.8. The quantitative estimate of drug-likeness (QED) is 0.811. The summed E-state index contributed by atoms with van der Waals surface area (Å²) in [6, 6.07) is 3.65. The van der Waals surface area contributed by atoms with Crippen molar-refractivity contribution in [2.24, 2.45) is 11.7 Å². The van der Waals surface area contributed by atoms with Gasteiger partial charge in [0, 0.05) is 0 Å². The Morgan fingerprint density at radius 2 is 1.75 bits per heavy atom. The number of esters is 1. The topological polar surface area (TPSA) is 98.5 Å². The van der Waals surface area contributed by atoms with E-state index < -0.39 is 29.8 Å². The molecule has 20 heavy (non-hydrogen) atoms. The molecule has 0 unspecified atom stereocenters. The fourth-order valence-electron chi connectivity index (χ4n) is 1.45. The highest BCUT2D eigenvalue weighted by Gasteiger charge is 2.27. The van der Waals surface area contributed by atoms with E-state index >= 15 is 0 Å². The number of halogens is 1. The molecule has 0 spiro atoms. The summed E-state index contributed by atoms with van der Waals surface area (Å²) in [5, 5.41) is 1.85. The van der Waals surface area contributed by atoms with Crippen LogP contribution in [0.3, 0.4) is 0 Å². The van der Waals surface area contributed by atoms with Crippen LogP contribution in [0.15, 0.2) is 24.3 Å². The van der Waals surface area contributed by atoms with Crippen molar-refractivity contribution < 1.29 is 23.5 Å². The smallest absolute Gasteiger partial charge is 0.338 e. The highest BCUT2D eigenvalue weighted by Crippen LogP contribution is 2.11. The Hall–Kier alpha value is -2.44. The van der Waals surface area contributed by atoms with Crippen LogP contribution in [0.1, 0.15) is 24.2 Å². The molecule has 1 aromatic rings. The molecule has 3 amide bonds. The van der Waals surface area contributed by atoms with E-state index in [0.717, 1.165) is 12.1 Å². The number of rotatable bonds is 4. The second-order valence-electron chi connectivity index (χ2n) is 4.43. The first-order valence-corrected chi connectivity index (χ1v) is 5.88. The third-order valence-electron chi connectivity index (χ3n) is 2.42. The molecule has 1 atom stereocenters. The molecule has 0 aromatic heterocycles. The lowest BCUT2D eigenvalue weighted by atomic mass is 10.1. The molecule has 108 valence electrons. The van der Waals surface area contributed by atoms with E-state index in [1.807, 2.05) is 5.32 Å². The SMILES string of the molecule is CC(C)[C@@H](OC(=O)c1ccc(F)cc1)C(=O)NC(N)=O. The number of urea groups is 1.